The molecule has 0 saturated heterocycles. The maximum atomic E-state index is 3.56. The molecule has 0 aliphatic heterocycles. The van der Waals surface area contributed by atoms with Crippen LogP contribution in [-0.4, -0.2) is 6.54 Å². The van der Waals surface area contributed by atoms with Gasteiger partial charge in [0.2, 0.25) is 0 Å². The molecule has 2 rings (SSSR count). The number of rotatable bonds is 4. The molecule has 0 spiro atoms. The lowest BCUT2D eigenvalue weighted by Gasteiger charge is -2.16. The molecule has 1 nitrogen and oxygen atoms in total. The molecule has 0 aromatic heterocycles. The molecule has 0 aliphatic rings. The van der Waals surface area contributed by atoms with Crippen LogP contribution in [0.15, 0.2) is 53.0 Å². The molecule has 2 heteroatoms. The number of benzene rings is 2. The molecule has 0 heterocycles. The molecule has 0 saturated carbocycles. The SMILES string of the molecule is Cc1c(Br)cccc1NCC(C)c1ccccc1. The van der Waals surface area contributed by atoms with Crippen LogP contribution in [-0.2, 0) is 0 Å². The van der Waals surface area contributed by atoms with E-state index in [0.29, 0.717) is 5.92 Å². The lowest BCUT2D eigenvalue weighted by atomic mass is 10.0. The first-order chi connectivity index (χ1) is 8.68. The standard InChI is InChI=1S/C16H18BrN/c1-12(14-7-4-3-5-8-14)11-18-16-10-6-9-15(17)13(16)2/h3-10,12,18H,11H2,1-2H3. The maximum Gasteiger partial charge on any atom is 0.0381 e. The number of halogens is 1. The lowest BCUT2D eigenvalue weighted by molar-refractivity contribution is 0.804. The minimum atomic E-state index is 0.504. The van der Waals surface area contributed by atoms with Crippen LogP contribution in [0.4, 0.5) is 5.69 Å². The summed E-state index contributed by atoms with van der Waals surface area (Å²) in [7, 11) is 0. The summed E-state index contributed by atoms with van der Waals surface area (Å²) >= 11 is 3.56. The second-order valence-corrected chi connectivity index (χ2v) is 5.46. The zero-order valence-electron chi connectivity index (χ0n) is 10.8. The number of anilines is 1. The molecular formula is C16H18BrN. The summed E-state index contributed by atoms with van der Waals surface area (Å²) in [5, 5.41) is 3.52. The first-order valence-corrected chi connectivity index (χ1v) is 7.01. The third kappa shape index (κ3) is 3.14. The van der Waals surface area contributed by atoms with Gasteiger partial charge in [-0.25, -0.2) is 0 Å². The van der Waals surface area contributed by atoms with Crippen molar-refractivity contribution in [2.75, 3.05) is 11.9 Å². The van der Waals surface area contributed by atoms with Crippen molar-refractivity contribution in [1.29, 1.82) is 0 Å². The monoisotopic (exact) mass is 303 g/mol. The number of hydrogen-bond donors (Lipinski definition) is 1. The Hall–Kier alpha value is -1.28. The van der Waals surface area contributed by atoms with Crippen molar-refractivity contribution >= 4 is 21.6 Å². The number of nitrogens with one attached hydrogen (secondary N) is 1. The molecule has 1 unspecified atom stereocenters. The molecular weight excluding hydrogens is 286 g/mol. The van der Waals surface area contributed by atoms with Gasteiger partial charge in [0.25, 0.3) is 0 Å². The van der Waals surface area contributed by atoms with Gasteiger partial charge in [-0.2, -0.15) is 0 Å². The Morgan fingerprint density at radius 2 is 1.78 bits per heavy atom. The molecule has 0 bridgehead atoms. The van der Waals surface area contributed by atoms with E-state index >= 15 is 0 Å². The van der Waals surface area contributed by atoms with Crippen LogP contribution in [0, 0.1) is 6.92 Å². The van der Waals surface area contributed by atoms with Crippen LogP contribution in [0.25, 0.3) is 0 Å². The fraction of sp³-hybridized carbons (Fsp3) is 0.250. The van der Waals surface area contributed by atoms with Crippen LogP contribution in [0.5, 0.6) is 0 Å². The van der Waals surface area contributed by atoms with Crippen molar-refractivity contribution in [3.8, 4) is 0 Å². The van der Waals surface area contributed by atoms with Crippen LogP contribution < -0.4 is 5.32 Å². The highest BCUT2D eigenvalue weighted by Crippen LogP contribution is 2.24. The Morgan fingerprint density at radius 1 is 1.06 bits per heavy atom. The molecule has 0 amide bonds. The molecule has 0 fully saturated rings. The molecule has 18 heavy (non-hydrogen) atoms. The van der Waals surface area contributed by atoms with Gasteiger partial charge in [0.1, 0.15) is 0 Å². The maximum absolute atomic E-state index is 3.56. The zero-order valence-corrected chi connectivity index (χ0v) is 12.4. The van der Waals surface area contributed by atoms with E-state index in [9.17, 15) is 0 Å². The molecule has 94 valence electrons. The van der Waals surface area contributed by atoms with E-state index < -0.39 is 0 Å². The molecule has 0 aliphatic carbocycles. The van der Waals surface area contributed by atoms with Crippen LogP contribution >= 0.6 is 15.9 Å². The predicted octanol–water partition coefficient (Wildman–Crippen LogP) is 4.97. The largest absolute Gasteiger partial charge is 0.384 e. The fourth-order valence-corrected chi connectivity index (χ4v) is 2.33. The highest BCUT2D eigenvalue weighted by molar-refractivity contribution is 9.10. The molecule has 1 atom stereocenters. The van der Waals surface area contributed by atoms with E-state index in [1.54, 1.807) is 0 Å². The smallest absolute Gasteiger partial charge is 0.0381 e. The summed E-state index contributed by atoms with van der Waals surface area (Å²) in [6, 6.07) is 16.9. The minimum absolute atomic E-state index is 0.504. The molecule has 2 aromatic carbocycles. The third-order valence-corrected chi connectivity index (χ3v) is 4.09. The van der Waals surface area contributed by atoms with Gasteiger partial charge < -0.3 is 5.32 Å². The Bertz CT molecular complexity index is 508. The van der Waals surface area contributed by atoms with Gasteiger partial charge in [-0.05, 0) is 36.1 Å². The first-order valence-electron chi connectivity index (χ1n) is 6.22. The minimum Gasteiger partial charge on any atom is -0.384 e. The van der Waals surface area contributed by atoms with Crippen molar-refractivity contribution in [2.45, 2.75) is 19.8 Å². The second-order valence-electron chi connectivity index (χ2n) is 4.61. The van der Waals surface area contributed by atoms with Crippen LogP contribution in [0.3, 0.4) is 0 Å². The summed E-state index contributed by atoms with van der Waals surface area (Å²) in [5.74, 6) is 0.504. The van der Waals surface area contributed by atoms with Crippen molar-refractivity contribution in [3.05, 3.63) is 64.1 Å². The van der Waals surface area contributed by atoms with Crippen molar-refractivity contribution in [1.82, 2.24) is 0 Å². The van der Waals surface area contributed by atoms with E-state index in [1.165, 1.54) is 16.8 Å². The predicted molar refractivity (Wildman–Crippen MR) is 82.2 cm³/mol. The lowest BCUT2D eigenvalue weighted by Crippen LogP contribution is -2.10. The Morgan fingerprint density at radius 3 is 2.50 bits per heavy atom. The highest BCUT2D eigenvalue weighted by Gasteiger charge is 2.06. The van der Waals surface area contributed by atoms with Gasteiger partial charge in [-0.3, -0.25) is 0 Å². The Kier molecular flexibility index (Phi) is 4.43. The van der Waals surface area contributed by atoms with E-state index in [0.717, 1.165) is 11.0 Å². The Labute approximate surface area is 117 Å². The van der Waals surface area contributed by atoms with Crippen LogP contribution in [0.1, 0.15) is 24.0 Å². The highest BCUT2D eigenvalue weighted by atomic mass is 79.9. The van der Waals surface area contributed by atoms with Gasteiger partial charge in [0.05, 0.1) is 0 Å². The fourth-order valence-electron chi connectivity index (χ4n) is 1.96. The molecule has 2 aromatic rings. The summed E-state index contributed by atoms with van der Waals surface area (Å²) in [6.45, 7) is 5.32. The topological polar surface area (TPSA) is 12.0 Å². The molecule has 1 N–H and O–H groups in total. The second kappa shape index (κ2) is 6.05. The van der Waals surface area contributed by atoms with E-state index in [2.05, 4.69) is 83.6 Å². The quantitative estimate of drug-likeness (QED) is 0.840. The zero-order chi connectivity index (χ0) is 13.0. The van der Waals surface area contributed by atoms with Crippen molar-refractivity contribution in [3.63, 3.8) is 0 Å². The summed E-state index contributed by atoms with van der Waals surface area (Å²) in [5.41, 5.74) is 3.84. The third-order valence-electron chi connectivity index (χ3n) is 3.24. The van der Waals surface area contributed by atoms with Crippen LogP contribution in [0.2, 0.25) is 0 Å². The van der Waals surface area contributed by atoms with E-state index in [1.807, 2.05) is 0 Å². The average Bonchev–Trinajstić information content (AvgIpc) is 2.41. The van der Waals surface area contributed by atoms with Gasteiger partial charge in [-0.1, -0.05) is 59.3 Å². The van der Waals surface area contributed by atoms with Crippen molar-refractivity contribution < 1.29 is 0 Å². The first kappa shape index (κ1) is 13.2. The van der Waals surface area contributed by atoms with Gasteiger partial charge in [-0.15, -0.1) is 0 Å². The van der Waals surface area contributed by atoms with E-state index in [4.69, 9.17) is 0 Å². The summed E-state index contributed by atoms with van der Waals surface area (Å²) in [4.78, 5) is 0. The average molecular weight is 304 g/mol. The van der Waals surface area contributed by atoms with E-state index in [-0.39, 0.29) is 0 Å². The normalized spacial score (nSPS) is 12.2. The molecule has 0 radical (unpaired) electrons. The van der Waals surface area contributed by atoms with Gasteiger partial charge in [0, 0.05) is 16.7 Å². The van der Waals surface area contributed by atoms with Crippen molar-refractivity contribution in [2.24, 2.45) is 0 Å². The Balaban J connectivity index is 2.02. The summed E-state index contributed by atoms with van der Waals surface area (Å²) in [6.07, 6.45) is 0. The number of hydrogen-bond acceptors (Lipinski definition) is 1. The summed E-state index contributed by atoms with van der Waals surface area (Å²) < 4.78 is 1.15. The van der Waals surface area contributed by atoms with Gasteiger partial charge in [0.15, 0.2) is 0 Å². The van der Waals surface area contributed by atoms with Gasteiger partial charge >= 0.3 is 0 Å².